The predicted octanol–water partition coefficient (Wildman–Crippen LogP) is 4.28. The van der Waals surface area contributed by atoms with Gasteiger partial charge in [0.2, 0.25) is 6.10 Å². The third-order valence-corrected chi connectivity index (χ3v) is 4.12. The highest BCUT2D eigenvalue weighted by atomic mass is 19.4. The number of halogens is 3. The molecule has 1 fully saturated rings. The van der Waals surface area contributed by atoms with Crippen molar-refractivity contribution in [3.05, 3.63) is 77.4 Å². The van der Waals surface area contributed by atoms with Crippen LogP contribution in [0.15, 0.2) is 60.7 Å². The number of carbonyl (C=O) groups excluding carboxylic acids is 2. The Labute approximate surface area is 160 Å². The van der Waals surface area contributed by atoms with Crippen LogP contribution in [0.4, 0.5) is 13.2 Å². The van der Waals surface area contributed by atoms with E-state index >= 15 is 0 Å². The summed E-state index contributed by atoms with van der Waals surface area (Å²) in [5, 5.41) is 2.79. The van der Waals surface area contributed by atoms with Crippen LogP contribution in [0.2, 0.25) is 0 Å². The molecule has 1 amide bonds. The van der Waals surface area contributed by atoms with Crippen LogP contribution >= 0.6 is 0 Å². The molecular weight excluding hydrogens is 371 g/mol. The van der Waals surface area contributed by atoms with Gasteiger partial charge in [0.05, 0.1) is 5.56 Å². The second kappa shape index (κ2) is 8.29. The van der Waals surface area contributed by atoms with Gasteiger partial charge in [-0.15, -0.1) is 0 Å². The molecular formula is C21H18F3NO3. The lowest BCUT2D eigenvalue weighted by Gasteiger charge is -2.17. The maximum Gasteiger partial charge on any atom is 0.416 e. The van der Waals surface area contributed by atoms with Gasteiger partial charge in [-0.05, 0) is 36.6 Å². The Morgan fingerprint density at radius 2 is 1.79 bits per heavy atom. The first-order valence-electron chi connectivity index (χ1n) is 8.74. The van der Waals surface area contributed by atoms with Crippen LogP contribution in [0.3, 0.4) is 0 Å². The number of ether oxygens (including phenoxy) is 1. The van der Waals surface area contributed by atoms with Crippen LogP contribution in [0.25, 0.3) is 6.08 Å². The average molecular weight is 389 g/mol. The highest BCUT2D eigenvalue weighted by Crippen LogP contribution is 2.30. The molecule has 0 spiro atoms. The first-order chi connectivity index (χ1) is 13.3. The minimum Gasteiger partial charge on any atom is -0.444 e. The van der Waals surface area contributed by atoms with Gasteiger partial charge in [-0.3, -0.25) is 4.79 Å². The molecule has 7 heteroatoms. The highest BCUT2D eigenvalue weighted by Gasteiger charge is 2.31. The van der Waals surface area contributed by atoms with Gasteiger partial charge in [0, 0.05) is 17.7 Å². The van der Waals surface area contributed by atoms with Gasteiger partial charge in [0.25, 0.3) is 5.91 Å². The number of carbonyl (C=O) groups is 2. The van der Waals surface area contributed by atoms with Gasteiger partial charge < -0.3 is 10.1 Å². The topological polar surface area (TPSA) is 55.4 Å². The van der Waals surface area contributed by atoms with Gasteiger partial charge in [-0.1, -0.05) is 42.5 Å². The Kier molecular flexibility index (Phi) is 5.82. The first kappa shape index (κ1) is 19.7. The fourth-order valence-electron chi connectivity index (χ4n) is 2.54. The van der Waals surface area contributed by atoms with Crippen LogP contribution in [0.1, 0.15) is 35.6 Å². The molecule has 4 nitrogen and oxygen atoms in total. The molecule has 1 aliphatic rings. The number of alkyl halides is 3. The summed E-state index contributed by atoms with van der Waals surface area (Å²) in [5.41, 5.74) is -0.0964. The zero-order chi connectivity index (χ0) is 20.1. The Balaban J connectivity index is 1.71. The second-order valence-electron chi connectivity index (χ2n) is 6.47. The van der Waals surface area contributed by atoms with Crippen molar-refractivity contribution in [3.63, 3.8) is 0 Å². The van der Waals surface area contributed by atoms with Crippen molar-refractivity contribution >= 4 is 18.0 Å². The third-order valence-electron chi connectivity index (χ3n) is 4.12. The fourth-order valence-corrected chi connectivity index (χ4v) is 2.54. The Hall–Kier alpha value is -3.09. The van der Waals surface area contributed by atoms with Crippen LogP contribution in [0.5, 0.6) is 0 Å². The van der Waals surface area contributed by atoms with Crippen molar-refractivity contribution in [1.29, 1.82) is 0 Å². The number of hydrogen-bond donors (Lipinski definition) is 1. The molecule has 3 rings (SSSR count). The quantitative estimate of drug-likeness (QED) is 0.593. The van der Waals surface area contributed by atoms with Gasteiger partial charge >= 0.3 is 12.1 Å². The standard InChI is InChI=1S/C21H18F3NO3/c22-21(23,24)16-8-4-5-14(13-16)9-12-18(26)28-19(15-6-2-1-3-7-15)20(27)25-17-10-11-17/h1-9,12-13,17,19H,10-11H2,(H,25,27)/b12-9+/t19-/m1/s1. The normalized spacial score (nSPS) is 15.2. The molecule has 2 aromatic carbocycles. The summed E-state index contributed by atoms with van der Waals surface area (Å²) in [7, 11) is 0. The molecule has 0 saturated heterocycles. The Bertz CT molecular complexity index is 874. The molecule has 0 aliphatic heterocycles. The first-order valence-corrected chi connectivity index (χ1v) is 8.74. The molecule has 0 bridgehead atoms. The third kappa shape index (κ3) is 5.45. The summed E-state index contributed by atoms with van der Waals surface area (Å²) in [6.45, 7) is 0. The van der Waals surface area contributed by atoms with Crippen molar-refractivity contribution in [2.24, 2.45) is 0 Å². The van der Waals surface area contributed by atoms with E-state index in [0.29, 0.717) is 5.56 Å². The summed E-state index contributed by atoms with van der Waals surface area (Å²) in [6.07, 6.45) is -1.59. The lowest BCUT2D eigenvalue weighted by atomic mass is 10.1. The molecule has 1 atom stereocenters. The SMILES string of the molecule is O=C(/C=C/c1cccc(C(F)(F)F)c1)O[C@@H](C(=O)NC1CC1)c1ccccc1. The van der Waals surface area contributed by atoms with Crippen molar-refractivity contribution in [2.45, 2.75) is 31.2 Å². The van der Waals surface area contributed by atoms with E-state index in [1.807, 2.05) is 0 Å². The molecule has 0 aromatic heterocycles. The van der Waals surface area contributed by atoms with Crippen LogP contribution in [-0.4, -0.2) is 17.9 Å². The molecule has 1 N–H and O–H groups in total. The van der Waals surface area contributed by atoms with E-state index in [0.717, 1.165) is 31.1 Å². The lowest BCUT2D eigenvalue weighted by molar-refractivity contribution is -0.151. The highest BCUT2D eigenvalue weighted by molar-refractivity contribution is 5.91. The van der Waals surface area contributed by atoms with Crippen molar-refractivity contribution in [1.82, 2.24) is 5.32 Å². The summed E-state index contributed by atoms with van der Waals surface area (Å²) in [4.78, 5) is 24.6. The van der Waals surface area contributed by atoms with Gasteiger partial charge in [0.1, 0.15) is 0 Å². The van der Waals surface area contributed by atoms with E-state index in [-0.39, 0.29) is 11.6 Å². The van der Waals surface area contributed by atoms with E-state index in [2.05, 4.69) is 5.32 Å². The summed E-state index contributed by atoms with van der Waals surface area (Å²) in [5.74, 6) is -1.24. The number of rotatable bonds is 6. The zero-order valence-corrected chi connectivity index (χ0v) is 14.8. The maximum absolute atomic E-state index is 12.8. The number of benzene rings is 2. The number of amides is 1. The van der Waals surface area contributed by atoms with Crippen molar-refractivity contribution in [3.8, 4) is 0 Å². The van der Waals surface area contributed by atoms with Crippen molar-refractivity contribution < 1.29 is 27.5 Å². The minimum absolute atomic E-state index is 0.0954. The molecule has 1 saturated carbocycles. The van der Waals surface area contributed by atoms with Gasteiger partial charge in [-0.2, -0.15) is 13.2 Å². The molecule has 1 aliphatic carbocycles. The van der Waals surface area contributed by atoms with E-state index in [1.165, 1.54) is 18.2 Å². The molecule has 146 valence electrons. The molecule has 0 radical (unpaired) electrons. The summed E-state index contributed by atoms with van der Waals surface area (Å²) in [6, 6.07) is 13.2. The minimum atomic E-state index is -4.47. The van der Waals surface area contributed by atoms with Crippen LogP contribution in [0, 0.1) is 0 Å². The average Bonchev–Trinajstić information content (AvgIpc) is 3.48. The van der Waals surface area contributed by atoms with Gasteiger partial charge in [-0.25, -0.2) is 4.79 Å². The summed E-state index contributed by atoms with van der Waals surface area (Å²) >= 11 is 0. The van der Waals surface area contributed by atoms with E-state index in [9.17, 15) is 22.8 Å². The zero-order valence-electron chi connectivity index (χ0n) is 14.8. The number of nitrogens with one attached hydrogen (secondary N) is 1. The lowest BCUT2D eigenvalue weighted by Crippen LogP contribution is -2.33. The van der Waals surface area contributed by atoms with Crippen molar-refractivity contribution in [2.75, 3.05) is 0 Å². The largest absolute Gasteiger partial charge is 0.444 e. The molecule has 2 aromatic rings. The smallest absolute Gasteiger partial charge is 0.416 e. The van der Waals surface area contributed by atoms with Crippen LogP contribution < -0.4 is 5.32 Å². The second-order valence-corrected chi connectivity index (χ2v) is 6.47. The Morgan fingerprint density at radius 1 is 1.07 bits per heavy atom. The van der Waals surface area contributed by atoms with E-state index in [4.69, 9.17) is 4.74 Å². The summed E-state index contributed by atoms with van der Waals surface area (Å²) < 4.78 is 43.6. The number of hydrogen-bond acceptors (Lipinski definition) is 3. The van der Waals surface area contributed by atoms with E-state index < -0.39 is 29.7 Å². The van der Waals surface area contributed by atoms with Crippen LogP contribution in [-0.2, 0) is 20.5 Å². The molecule has 0 unspecified atom stereocenters. The Morgan fingerprint density at radius 3 is 2.43 bits per heavy atom. The predicted molar refractivity (Wildman–Crippen MR) is 96.9 cm³/mol. The van der Waals surface area contributed by atoms with E-state index in [1.54, 1.807) is 30.3 Å². The maximum atomic E-state index is 12.8. The molecule has 28 heavy (non-hydrogen) atoms. The van der Waals surface area contributed by atoms with Gasteiger partial charge in [0.15, 0.2) is 0 Å². The number of esters is 1. The monoisotopic (exact) mass is 389 g/mol. The fraction of sp³-hybridized carbons (Fsp3) is 0.238. The molecule has 0 heterocycles.